The molecule has 2 aliphatic rings. The lowest BCUT2D eigenvalue weighted by Gasteiger charge is -2.44. The van der Waals surface area contributed by atoms with E-state index in [0.29, 0.717) is 12.5 Å². The fourth-order valence-corrected chi connectivity index (χ4v) is 4.94. The number of hydrogen-bond donors (Lipinski definition) is 2. The first-order valence-electron chi connectivity index (χ1n) is 10.1. The maximum Gasteiger partial charge on any atom is 0.0798 e. The van der Waals surface area contributed by atoms with Crippen LogP contribution in [-0.4, -0.2) is 46.5 Å². The summed E-state index contributed by atoms with van der Waals surface area (Å²) < 4.78 is 0. The molecule has 3 heteroatoms. The largest absolute Gasteiger partial charge is 0.393 e. The zero-order valence-corrected chi connectivity index (χ0v) is 15.9. The van der Waals surface area contributed by atoms with Crippen LogP contribution in [0.25, 0.3) is 0 Å². The molecule has 1 aliphatic carbocycles. The average molecular weight is 346 g/mol. The van der Waals surface area contributed by atoms with Crippen molar-refractivity contribution in [2.24, 2.45) is 17.8 Å². The highest BCUT2D eigenvalue weighted by atomic mass is 16.3. The van der Waals surface area contributed by atoms with E-state index in [1.807, 2.05) is 6.92 Å². The van der Waals surface area contributed by atoms with Crippen molar-refractivity contribution in [1.29, 1.82) is 0 Å². The van der Waals surface area contributed by atoms with E-state index < -0.39 is 5.60 Å². The van der Waals surface area contributed by atoms with E-state index in [0.717, 1.165) is 38.3 Å². The summed E-state index contributed by atoms with van der Waals surface area (Å²) in [6.45, 7) is 6.96. The minimum absolute atomic E-state index is 0.0192. The second kappa shape index (κ2) is 8.20. The highest BCUT2D eigenvalue weighted by molar-refractivity contribution is 5.15. The molecule has 1 aromatic carbocycles. The predicted molar refractivity (Wildman–Crippen MR) is 102 cm³/mol. The van der Waals surface area contributed by atoms with Crippen LogP contribution in [0.1, 0.15) is 51.5 Å². The topological polar surface area (TPSA) is 43.7 Å². The molecule has 1 saturated heterocycles. The zero-order chi connectivity index (χ0) is 17.9. The second-order valence-electron chi connectivity index (χ2n) is 8.86. The lowest BCUT2D eigenvalue weighted by Crippen LogP contribution is -2.53. The van der Waals surface area contributed by atoms with Crippen molar-refractivity contribution >= 4 is 0 Å². The van der Waals surface area contributed by atoms with Crippen molar-refractivity contribution < 1.29 is 10.2 Å². The van der Waals surface area contributed by atoms with Gasteiger partial charge in [0.25, 0.3) is 0 Å². The first kappa shape index (κ1) is 18.9. The summed E-state index contributed by atoms with van der Waals surface area (Å²) in [6.07, 6.45) is 6.13. The van der Waals surface area contributed by atoms with Crippen LogP contribution in [0.5, 0.6) is 0 Å². The maximum atomic E-state index is 11.0. The molecule has 0 spiro atoms. The minimum atomic E-state index is -0.786. The first-order chi connectivity index (χ1) is 11.9. The van der Waals surface area contributed by atoms with Gasteiger partial charge in [-0.3, -0.25) is 0 Å². The maximum absolute atomic E-state index is 11.0. The number of aliphatic hydroxyl groups excluding tert-OH is 1. The molecule has 1 aromatic rings. The average Bonchev–Trinajstić information content (AvgIpc) is 2.57. The Bertz CT molecular complexity index is 522. The molecule has 2 N–H and O–H groups in total. The third-order valence-corrected chi connectivity index (χ3v) is 6.50. The second-order valence-corrected chi connectivity index (χ2v) is 8.86. The Morgan fingerprint density at radius 1 is 1.08 bits per heavy atom. The Morgan fingerprint density at radius 2 is 1.76 bits per heavy atom. The van der Waals surface area contributed by atoms with Gasteiger partial charge in [0.05, 0.1) is 11.7 Å². The fraction of sp³-hybridized carbons (Fsp3) is 0.727. The molecule has 2 fully saturated rings. The van der Waals surface area contributed by atoms with Gasteiger partial charge in [-0.15, -0.1) is 0 Å². The standard InChI is InChI=1S/C22H35NO2/c1-17-8-9-20(21(24)14-17)22(2,25)16-23-12-10-19(11-13-23)15-18-6-4-3-5-7-18/h3-7,17,19-21,24-25H,8-16H2,1-2H3/t17-,20-,21+,22-/m1/s1. The third-order valence-electron chi connectivity index (χ3n) is 6.50. The Morgan fingerprint density at radius 3 is 2.40 bits per heavy atom. The quantitative estimate of drug-likeness (QED) is 0.858. The SMILES string of the molecule is C[C@@H]1CC[C@@H]([C@](C)(O)CN2CCC(Cc3ccccc3)CC2)[C@@H](O)C1. The van der Waals surface area contributed by atoms with Crippen LogP contribution in [0.2, 0.25) is 0 Å². The number of benzene rings is 1. The van der Waals surface area contributed by atoms with Crippen LogP contribution in [0.15, 0.2) is 30.3 Å². The van der Waals surface area contributed by atoms with Crippen molar-refractivity contribution in [2.75, 3.05) is 19.6 Å². The highest BCUT2D eigenvalue weighted by Crippen LogP contribution is 2.36. The van der Waals surface area contributed by atoms with Gasteiger partial charge in [0.2, 0.25) is 0 Å². The Balaban J connectivity index is 1.48. The molecular formula is C22H35NO2. The van der Waals surface area contributed by atoms with E-state index >= 15 is 0 Å². The highest BCUT2D eigenvalue weighted by Gasteiger charge is 2.41. The first-order valence-corrected chi connectivity index (χ1v) is 10.1. The van der Waals surface area contributed by atoms with E-state index in [1.54, 1.807) is 0 Å². The molecule has 0 amide bonds. The summed E-state index contributed by atoms with van der Waals surface area (Å²) in [4.78, 5) is 2.41. The van der Waals surface area contributed by atoms with Crippen LogP contribution in [0, 0.1) is 17.8 Å². The fourth-order valence-electron chi connectivity index (χ4n) is 4.94. The number of piperidine rings is 1. The van der Waals surface area contributed by atoms with E-state index in [2.05, 4.69) is 42.2 Å². The molecule has 1 aliphatic heterocycles. The van der Waals surface area contributed by atoms with Crippen LogP contribution >= 0.6 is 0 Å². The Hall–Kier alpha value is -0.900. The van der Waals surface area contributed by atoms with Gasteiger partial charge in [-0.25, -0.2) is 0 Å². The van der Waals surface area contributed by atoms with Gasteiger partial charge in [0.15, 0.2) is 0 Å². The van der Waals surface area contributed by atoms with Gasteiger partial charge in [-0.05, 0) is 69.5 Å². The molecule has 25 heavy (non-hydrogen) atoms. The van der Waals surface area contributed by atoms with Crippen LogP contribution in [0.4, 0.5) is 0 Å². The van der Waals surface area contributed by atoms with Crippen LogP contribution in [-0.2, 0) is 6.42 Å². The molecule has 0 aromatic heterocycles. The number of nitrogens with zero attached hydrogens (tertiary/aromatic N) is 1. The van der Waals surface area contributed by atoms with Gasteiger partial charge in [-0.2, -0.15) is 0 Å². The zero-order valence-electron chi connectivity index (χ0n) is 15.9. The smallest absolute Gasteiger partial charge is 0.0798 e. The summed E-state index contributed by atoms with van der Waals surface area (Å²) >= 11 is 0. The lowest BCUT2D eigenvalue weighted by molar-refractivity contribution is -0.100. The number of aliphatic hydroxyl groups is 2. The summed E-state index contributed by atoms with van der Waals surface area (Å²) in [7, 11) is 0. The molecule has 0 radical (unpaired) electrons. The molecule has 3 nitrogen and oxygen atoms in total. The predicted octanol–water partition coefficient (Wildman–Crippen LogP) is 3.49. The van der Waals surface area contributed by atoms with Crippen molar-refractivity contribution in [3.8, 4) is 0 Å². The molecule has 140 valence electrons. The molecule has 1 saturated carbocycles. The van der Waals surface area contributed by atoms with E-state index in [-0.39, 0.29) is 12.0 Å². The third kappa shape index (κ3) is 5.06. The van der Waals surface area contributed by atoms with E-state index in [4.69, 9.17) is 0 Å². The van der Waals surface area contributed by atoms with Gasteiger partial charge in [0.1, 0.15) is 0 Å². The van der Waals surface area contributed by atoms with Crippen LogP contribution in [0.3, 0.4) is 0 Å². The van der Waals surface area contributed by atoms with Crippen molar-refractivity contribution in [3.63, 3.8) is 0 Å². The number of β-amino-alcohol motifs (C(OH)–C–C–N with tert-alkyl or cyclic N) is 1. The lowest BCUT2D eigenvalue weighted by atomic mass is 9.72. The van der Waals surface area contributed by atoms with Gasteiger partial charge < -0.3 is 15.1 Å². The summed E-state index contributed by atoms with van der Waals surface area (Å²) in [5.41, 5.74) is 0.652. The molecule has 4 atom stereocenters. The summed E-state index contributed by atoms with van der Waals surface area (Å²) in [6, 6.07) is 10.8. The molecule has 1 heterocycles. The van der Waals surface area contributed by atoms with Crippen LogP contribution < -0.4 is 0 Å². The minimum Gasteiger partial charge on any atom is -0.393 e. The van der Waals surface area contributed by atoms with Gasteiger partial charge >= 0.3 is 0 Å². The Labute approximate surface area is 153 Å². The van der Waals surface area contributed by atoms with Gasteiger partial charge in [-0.1, -0.05) is 43.7 Å². The summed E-state index contributed by atoms with van der Waals surface area (Å²) in [5.74, 6) is 1.35. The Kier molecular flexibility index (Phi) is 6.19. The summed E-state index contributed by atoms with van der Waals surface area (Å²) in [5, 5.41) is 21.5. The van der Waals surface area contributed by atoms with E-state index in [9.17, 15) is 10.2 Å². The number of likely N-dealkylation sites (tertiary alicyclic amines) is 1. The molecule has 0 bridgehead atoms. The normalized spacial score (nSPS) is 31.6. The number of hydrogen-bond acceptors (Lipinski definition) is 3. The molecular weight excluding hydrogens is 310 g/mol. The number of rotatable bonds is 5. The monoisotopic (exact) mass is 345 g/mol. The van der Waals surface area contributed by atoms with Crippen molar-refractivity contribution in [2.45, 2.75) is 64.1 Å². The molecule has 3 rings (SSSR count). The van der Waals surface area contributed by atoms with Crippen molar-refractivity contribution in [1.82, 2.24) is 4.90 Å². The molecule has 0 unspecified atom stereocenters. The van der Waals surface area contributed by atoms with E-state index in [1.165, 1.54) is 24.8 Å². The van der Waals surface area contributed by atoms with Crippen molar-refractivity contribution in [3.05, 3.63) is 35.9 Å². The van der Waals surface area contributed by atoms with Gasteiger partial charge in [0, 0.05) is 12.5 Å².